The van der Waals surface area contributed by atoms with Crippen molar-refractivity contribution in [3.8, 4) is 0 Å². The van der Waals surface area contributed by atoms with Crippen LogP contribution in [0.5, 0.6) is 0 Å². The predicted octanol–water partition coefficient (Wildman–Crippen LogP) is 1.98. The molecule has 4 rings (SSSR count). The van der Waals surface area contributed by atoms with Crippen LogP contribution in [0.3, 0.4) is 0 Å². The van der Waals surface area contributed by atoms with Crippen molar-refractivity contribution in [3.63, 3.8) is 0 Å². The highest BCUT2D eigenvalue weighted by atomic mass is 16.5. The zero-order chi connectivity index (χ0) is 18.0. The highest BCUT2D eigenvalue weighted by Crippen LogP contribution is 2.51. The molecule has 2 aliphatic heterocycles. The number of hydrogen-bond donors (Lipinski definition) is 2. The summed E-state index contributed by atoms with van der Waals surface area (Å²) in [6.07, 6.45) is 5.82. The molecule has 1 aromatic carbocycles. The van der Waals surface area contributed by atoms with E-state index >= 15 is 0 Å². The van der Waals surface area contributed by atoms with Gasteiger partial charge in [-0.25, -0.2) is 0 Å². The van der Waals surface area contributed by atoms with Gasteiger partial charge in [-0.05, 0) is 63.0 Å². The third-order valence-electron chi connectivity index (χ3n) is 6.56. The van der Waals surface area contributed by atoms with Crippen LogP contribution in [-0.4, -0.2) is 56.7 Å². The molecule has 5 heteroatoms. The smallest absolute Gasteiger partial charge is 0.234 e. The summed E-state index contributed by atoms with van der Waals surface area (Å²) in [5.74, 6) is 0.125. The Kier molecular flexibility index (Phi) is 5.30. The molecular weight excluding hydrogens is 326 g/mol. The molecule has 0 unspecified atom stereocenters. The van der Waals surface area contributed by atoms with Crippen molar-refractivity contribution in [2.24, 2.45) is 0 Å². The number of nitrogens with one attached hydrogen (secondary N) is 2. The lowest BCUT2D eigenvalue weighted by molar-refractivity contribution is -0.124. The second-order valence-corrected chi connectivity index (χ2v) is 8.03. The van der Waals surface area contributed by atoms with Crippen LogP contribution in [-0.2, 0) is 14.9 Å². The van der Waals surface area contributed by atoms with Crippen LogP contribution in [0.4, 0.5) is 0 Å². The standard InChI is InChI=1S/C21H31N3O2/c1-26-20-19(23-18(25)15-24-13-5-2-6-14-24)16-7-3-4-8-17(16)21(20)9-11-22-12-10-21/h3-4,7-8,19-20,22H,2,5-6,9-15H2,1H3,(H,23,25)/t19-,20+/m0/s1. The van der Waals surface area contributed by atoms with Crippen LogP contribution in [0.2, 0.25) is 0 Å². The zero-order valence-electron chi connectivity index (χ0n) is 15.8. The third-order valence-corrected chi connectivity index (χ3v) is 6.56. The van der Waals surface area contributed by atoms with Crippen molar-refractivity contribution in [2.75, 3.05) is 39.8 Å². The molecule has 3 aliphatic rings. The van der Waals surface area contributed by atoms with E-state index in [4.69, 9.17) is 4.74 Å². The van der Waals surface area contributed by atoms with Gasteiger partial charge in [0.2, 0.25) is 5.91 Å². The van der Waals surface area contributed by atoms with Gasteiger partial charge < -0.3 is 15.4 Å². The van der Waals surface area contributed by atoms with E-state index in [1.54, 1.807) is 7.11 Å². The minimum absolute atomic E-state index is 0.00676. The number of amides is 1. The third kappa shape index (κ3) is 3.17. The maximum Gasteiger partial charge on any atom is 0.234 e. The summed E-state index contributed by atoms with van der Waals surface area (Å²) in [7, 11) is 1.80. The SMILES string of the molecule is CO[C@@H]1[C@@H](NC(=O)CN2CCCCC2)c2ccccc2C12CCNCC2. The molecule has 0 radical (unpaired) electrons. The van der Waals surface area contributed by atoms with Crippen molar-refractivity contribution in [1.29, 1.82) is 0 Å². The molecule has 0 saturated carbocycles. The van der Waals surface area contributed by atoms with E-state index in [0.29, 0.717) is 6.54 Å². The molecule has 2 atom stereocenters. The lowest BCUT2D eigenvalue weighted by atomic mass is 9.72. The Morgan fingerprint density at radius 2 is 1.96 bits per heavy atom. The number of ether oxygens (including phenoxy) is 1. The average Bonchev–Trinajstić information content (AvgIpc) is 2.92. The summed E-state index contributed by atoms with van der Waals surface area (Å²) in [5.41, 5.74) is 2.63. The molecule has 26 heavy (non-hydrogen) atoms. The van der Waals surface area contributed by atoms with E-state index in [2.05, 4.69) is 39.8 Å². The molecule has 1 aliphatic carbocycles. The number of benzene rings is 1. The Balaban J connectivity index is 1.55. The summed E-state index contributed by atoms with van der Waals surface area (Å²) in [6.45, 7) is 4.59. The quantitative estimate of drug-likeness (QED) is 0.865. The molecule has 1 aromatic rings. The first kappa shape index (κ1) is 18.0. The number of fused-ring (bicyclic) bond motifs is 2. The second-order valence-electron chi connectivity index (χ2n) is 8.03. The molecule has 0 aromatic heterocycles. The van der Waals surface area contributed by atoms with Gasteiger partial charge in [-0.3, -0.25) is 9.69 Å². The Hall–Kier alpha value is -1.43. The number of nitrogens with zero attached hydrogens (tertiary/aromatic N) is 1. The Labute approximate surface area is 156 Å². The van der Waals surface area contributed by atoms with Gasteiger partial charge in [-0.2, -0.15) is 0 Å². The second kappa shape index (κ2) is 7.67. The van der Waals surface area contributed by atoms with Gasteiger partial charge in [0.15, 0.2) is 0 Å². The molecule has 1 amide bonds. The van der Waals surface area contributed by atoms with Gasteiger partial charge in [-0.15, -0.1) is 0 Å². The van der Waals surface area contributed by atoms with E-state index in [-0.39, 0.29) is 23.5 Å². The van der Waals surface area contributed by atoms with Crippen molar-refractivity contribution >= 4 is 5.91 Å². The Bertz CT molecular complexity index is 636. The van der Waals surface area contributed by atoms with Crippen molar-refractivity contribution < 1.29 is 9.53 Å². The number of rotatable bonds is 4. The Morgan fingerprint density at radius 1 is 1.23 bits per heavy atom. The first-order valence-corrected chi connectivity index (χ1v) is 10.1. The predicted molar refractivity (Wildman–Crippen MR) is 102 cm³/mol. The maximum atomic E-state index is 12.8. The van der Waals surface area contributed by atoms with Crippen LogP contribution < -0.4 is 10.6 Å². The summed E-state index contributed by atoms with van der Waals surface area (Å²) in [4.78, 5) is 15.1. The molecule has 2 fully saturated rings. The van der Waals surface area contributed by atoms with E-state index in [1.165, 1.54) is 30.4 Å². The lowest BCUT2D eigenvalue weighted by Crippen LogP contribution is -2.50. The highest BCUT2D eigenvalue weighted by molar-refractivity contribution is 5.79. The van der Waals surface area contributed by atoms with Crippen molar-refractivity contribution in [3.05, 3.63) is 35.4 Å². The molecule has 2 N–H and O–H groups in total. The monoisotopic (exact) mass is 357 g/mol. The van der Waals surface area contributed by atoms with E-state index < -0.39 is 0 Å². The topological polar surface area (TPSA) is 53.6 Å². The highest BCUT2D eigenvalue weighted by Gasteiger charge is 2.53. The van der Waals surface area contributed by atoms with Crippen LogP contribution in [0.15, 0.2) is 24.3 Å². The van der Waals surface area contributed by atoms with E-state index in [0.717, 1.165) is 39.0 Å². The van der Waals surface area contributed by atoms with E-state index in [1.807, 2.05) is 0 Å². The molecule has 1 spiro atoms. The van der Waals surface area contributed by atoms with Crippen LogP contribution in [0, 0.1) is 0 Å². The minimum Gasteiger partial charge on any atom is -0.378 e. The van der Waals surface area contributed by atoms with Gasteiger partial charge in [-0.1, -0.05) is 30.7 Å². The maximum absolute atomic E-state index is 12.8. The van der Waals surface area contributed by atoms with Gasteiger partial charge in [0, 0.05) is 12.5 Å². The van der Waals surface area contributed by atoms with E-state index in [9.17, 15) is 4.79 Å². The number of carbonyl (C=O) groups is 1. The average molecular weight is 357 g/mol. The summed E-state index contributed by atoms with van der Waals surface area (Å²) >= 11 is 0. The fraction of sp³-hybridized carbons (Fsp3) is 0.667. The van der Waals surface area contributed by atoms with Crippen LogP contribution in [0.25, 0.3) is 0 Å². The summed E-state index contributed by atoms with van der Waals surface area (Å²) in [5, 5.41) is 6.80. The summed E-state index contributed by atoms with van der Waals surface area (Å²) in [6, 6.07) is 8.56. The van der Waals surface area contributed by atoms with Gasteiger partial charge >= 0.3 is 0 Å². The van der Waals surface area contributed by atoms with Crippen LogP contribution >= 0.6 is 0 Å². The molecule has 2 heterocycles. The number of methoxy groups -OCH3 is 1. The minimum atomic E-state index is -0.0495. The number of hydrogen-bond acceptors (Lipinski definition) is 4. The normalized spacial score (nSPS) is 28.0. The van der Waals surface area contributed by atoms with Crippen LogP contribution in [0.1, 0.15) is 49.3 Å². The molecule has 2 saturated heterocycles. The first-order chi connectivity index (χ1) is 12.7. The summed E-state index contributed by atoms with van der Waals surface area (Å²) < 4.78 is 6.03. The molecular formula is C21H31N3O2. The fourth-order valence-electron chi connectivity index (χ4n) is 5.34. The Morgan fingerprint density at radius 3 is 2.69 bits per heavy atom. The number of likely N-dealkylation sites (tertiary alicyclic amines) is 1. The lowest BCUT2D eigenvalue weighted by Gasteiger charge is -2.40. The number of carbonyl (C=O) groups excluding carboxylic acids is 1. The largest absolute Gasteiger partial charge is 0.378 e. The number of piperidine rings is 2. The molecule has 142 valence electrons. The van der Waals surface area contributed by atoms with Gasteiger partial charge in [0.05, 0.1) is 18.7 Å². The fourth-order valence-corrected chi connectivity index (χ4v) is 5.34. The molecule has 5 nitrogen and oxygen atoms in total. The van der Waals surface area contributed by atoms with Crippen molar-refractivity contribution in [2.45, 2.75) is 49.7 Å². The first-order valence-electron chi connectivity index (χ1n) is 10.1. The molecule has 0 bridgehead atoms. The zero-order valence-corrected chi connectivity index (χ0v) is 15.8. The van der Waals surface area contributed by atoms with Crippen molar-refractivity contribution in [1.82, 2.24) is 15.5 Å². The van der Waals surface area contributed by atoms with Gasteiger partial charge in [0.1, 0.15) is 0 Å². The van der Waals surface area contributed by atoms with Gasteiger partial charge in [0.25, 0.3) is 0 Å².